The Bertz CT molecular complexity index is 442. The predicted octanol–water partition coefficient (Wildman–Crippen LogP) is 4.00. The number of carbonyl (C=O) groups excluding carboxylic acids is 1. The molecule has 0 heterocycles. The van der Waals surface area contributed by atoms with E-state index in [1.54, 1.807) is 18.2 Å². The zero-order valence-corrected chi connectivity index (χ0v) is 11.3. The van der Waals surface area contributed by atoms with Crippen LogP contribution in [0, 0.1) is 23.7 Å². The summed E-state index contributed by atoms with van der Waals surface area (Å²) in [6.45, 7) is 3.69. The van der Waals surface area contributed by atoms with E-state index in [0.29, 0.717) is 6.42 Å². The fraction of sp³-hybridized carbons (Fsp3) is 0.278. The summed E-state index contributed by atoms with van der Waals surface area (Å²) in [6, 6.07) is 0. The second-order valence-electron chi connectivity index (χ2n) is 3.70. The van der Waals surface area contributed by atoms with Crippen LogP contribution in [0.2, 0.25) is 0 Å². The predicted molar refractivity (Wildman–Crippen MR) is 82.3 cm³/mol. The van der Waals surface area contributed by atoms with E-state index in [1.807, 2.05) is 18.2 Å². The van der Waals surface area contributed by atoms with Gasteiger partial charge in [-0.3, -0.25) is 0 Å². The lowest BCUT2D eigenvalue weighted by molar-refractivity contribution is -0.107. The summed E-state index contributed by atoms with van der Waals surface area (Å²) >= 11 is 0. The van der Waals surface area contributed by atoms with Gasteiger partial charge in [0, 0.05) is 6.42 Å². The largest absolute Gasteiger partial charge is 0.303 e. The Morgan fingerprint density at radius 3 is 2.37 bits per heavy atom. The van der Waals surface area contributed by atoms with Crippen LogP contribution in [-0.4, -0.2) is 6.29 Å². The molecule has 0 spiro atoms. The normalized spacial score (nSPS) is 10.1. The summed E-state index contributed by atoms with van der Waals surface area (Å²) in [5, 5.41) is 0. The van der Waals surface area contributed by atoms with Crippen molar-refractivity contribution in [2.24, 2.45) is 0 Å². The molecular weight excluding hydrogens is 232 g/mol. The lowest BCUT2D eigenvalue weighted by Gasteiger charge is -1.90. The average molecular weight is 252 g/mol. The monoisotopic (exact) mass is 252 g/mol. The molecule has 0 fully saturated rings. The Morgan fingerprint density at radius 2 is 1.63 bits per heavy atom. The minimum atomic E-state index is 0.402. The summed E-state index contributed by atoms with van der Waals surface area (Å²) in [7, 11) is 0. The van der Waals surface area contributed by atoms with Gasteiger partial charge in [0.2, 0.25) is 0 Å². The van der Waals surface area contributed by atoms with Gasteiger partial charge in [-0.25, -0.2) is 0 Å². The summed E-state index contributed by atoms with van der Waals surface area (Å²) < 4.78 is 0. The van der Waals surface area contributed by atoms with Crippen LogP contribution in [0.1, 0.15) is 32.1 Å². The third kappa shape index (κ3) is 15.8. The van der Waals surface area contributed by atoms with E-state index >= 15 is 0 Å². The molecule has 0 aliphatic carbocycles. The molecule has 0 saturated carbocycles. The summed E-state index contributed by atoms with van der Waals surface area (Å²) in [5.41, 5.74) is 0. The van der Waals surface area contributed by atoms with Crippen LogP contribution in [-0.2, 0) is 4.79 Å². The number of hydrogen-bond acceptors (Lipinski definition) is 1. The Kier molecular flexibility index (Phi) is 13.9. The molecule has 98 valence electrons. The third-order valence-corrected chi connectivity index (χ3v) is 2.10. The molecule has 0 aliphatic rings. The molecule has 0 unspecified atom stereocenters. The van der Waals surface area contributed by atoms with E-state index in [2.05, 4.69) is 36.3 Å². The smallest absolute Gasteiger partial charge is 0.123 e. The molecule has 0 aromatic carbocycles. The van der Waals surface area contributed by atoms with Crippen LogP contribution in [0.25, 0.3) is 0 Å². The highest BCUT2D eigenvalue weighted by Gasteiger charge is 1.80. The lowest BCUT2D eigenvalue weighted by atomic mass is 10.2. The molecule has 0 amide bonds. The van der Waals surface area contributed by atoms with Crippen LogP contribution < -0.4 is 0 Å². The summed E-state index contributed by atoms with van der Waals surface area (Å²) in [6.07, 6.45) is 18.9. The van der Waals surface area contributed by atoms with Gasteiger partial charge in [0.25, 0.3) is 0 Å². The Labute approximate surface area is 116 Å². The van der Waals surface area contributed by atoms with E-state index in [4.69, 9.17) is 0 Å². The number of carbonyl (C=O) groups is 1. The Hall–Kier alpha value is -2.25. The van der Waals surface area contributed by atoms with Crippen molar-refractivity contribution >= 4 is 6.29 Å². The quantitative estimate of drug-likeness (QED) is 0.210. The minimum Gasteiger partial charge on any atom is -0.303 e. The van der Waals surface area contributed by atoms with Gasteiger partial charge in [-0.15, -0.1) is 6.58 Å². The molecule has 0 aromatic heterocycles. The van der Waals surface area contributed by atoms with Gasteiger partial charge in [0.15, 0.2) is 0 Å². The van der Waals surface area contributed by atoms with Crippen LogP contribution in [0.4, 0.5) is 0 Å². The summed E-state index contributed by atoms with van der Waals surface area (Å²) in [4.78, 5) is 9.99. The van der Waals surface area contributed by atoms with Crippen molar-refractivity contribution in [1.29, 1.82) is 0 Å². The van der Waals surface area contributed by atoms with E-state index in [1.165, 1.54) is 12.8 Å². The van der Waals surface area contributed by atoms with Gasteiger partial charge in [-0.1, -0.05) is 42.2 Å². The molecule has 0 bridgehead atoms. The maximum atomic E-state index is 9.99. The molecule has 0 aromatic rings. The molecular formula is C18H20O. The molecule has 0 atom stereocenters. The first kappa shape index (κ1) is 16.8. The Balaban J connectivity index is 3.70. The van der Waals surface area contributed by atoms with Crippen LogP contribution in [0.3, 0.4) is 0 Å². The first-order chi connectivity index (χ1) is 9.41. The zero-order valence-electron chi connectivity index (χ0n) is 11.3. The summed E-state index contributed by atoms with van der Waals surface area (Å²) in [5.74, 6) is 10.9. The van der Waals surface area contributed by atoms with Gasteiger partial charge in [-0.05, 0) is 49.7 Å². The highest BCUT2D eigenvalue weighted by Crippen LogP contribution is 2.00. The minimum absolute atomic E-state index is 0.402. The van der Waals surface area contributed by atoms with Crippen molar-refractivity contribution in [3.05, 3.63) is 49.1 Å². The highest BCUT2D eigenvalue weighted by atomic mass is 16.1. The lowest BCUT2D eigenvalue weighted by Crippen LogP contribution is -1.70. The molecule has 1 nitrogen and oxygen atoms in total. The molecule has 19 heavy (non-hydrogen) atoms. The van der Waals surface area contributed by atoms with Crippen molar-refractivity contribution in [2.45, 2.75) is 32.1 Å². The van der Waals surface area contributed by atoms with Crippen molar-refractivity contribution in [1.82, 2.24) is 0 Å². The van der Waals surface area contributed by atoms with Gasteiger partial charge < -0.3 is 4.79 Å². The molecule has 0 N–H and O–H groups in total. The fourth-order valence-electron chi connectivity index (χ4n) is 1.17. The zero-order chi connectivity index (χ0) is 14.0. The van der Waals surface area contributed by atoms with Crippen molar-refractivity contribution < 1.29 is 4.79 Å². The molecule has 0 saturated heterocycles. The Morgan fingerprint density at radius 1 is 0.895 bits per heavy atom. The van der Waals surface area contributed by atoms with E-state index in [0.717, 1.165) is 19.1 Å². The average Bonchev–Trinajstić information content (AvgIpc) is 2.43. The van der Waals surface area contributed by atoms with E-state index < -0.39 is 0 Å². The van der Waals surface area contributed by atoms with E-state index in [9.17, 15) is 4.79 Å². The number of hydrogen-bond donors (Lipinski definition) is 0. The maximum absolute atomic E-state index is 9.99. The highest BCUT2D eigenvalue weighted by molar-refractivity contribution is 5.52. The third-order valence-electron chi connectivity index (χ3n) is 2.10. The van der Waals surface area contributed by atoms with Gasteiger partial charge in [0.05, 0.1) is 0 Å². The first-order valence-corrected chi connectivity index (χ1v) is 6.44. The second kappa shape index (κ2) is 15.8. The topological polar surface area (TPSA) is 17.1 Å². The number of aldehydes is 1. The van der Waals surface area contributed by atoms with Gasteiger partial charge in [0.1, 0.15) is 6.29 Å². The molecule has 0 aliphatic heterocycles. The SMILES string of the molecule is C=CCCCCC=CC=CC#CC#CC=CCC=O. The van der Waals surface area contributed by atoms with Gasteiger partial charge >= 0.3 is 0 Å². The number of rotatable bonds is 8. The van der Waals surface area contributed by atoms with Gasteiger partial charge in [-0.2, -0.15) is 0 Å². The van der Waals surface area contributed by atoms with Crippen molar-refractivity contribution in [3.63, 3.8) is 0 Å². The second-order valence-corrected chi connectivity index (χ2v) is 3.70. The van der Waals surface area contributed by atoms with Crippen LogP contribution in [0.15, 0.2) is 49.1 Å². The van der Waals surface area contributed by atoms with Crippen molar-refractivity contribution in [3.8, 4) is 23.7 Å². The van der Waals surface area contributed by atoms with E-state index in [-0.39, 0.29) is 0 Å². The molecule has 0 rings (SSSR count). The first-order valence-electron chi connectivity index (χ1n) is 6.44. The van der Waals surface area contributed by atoms with Crippen LogP contribution >= 0.6 is 0 Å². The van der Waals surface area contributed by atoms with Crippen LogP contribution in [0.5, 0.6) is 0 Å². The number of allylic oxidation sites excluding steroid dienone is 7. The molecule has 0 radical (unpaired) electrons. The standard InChI is InChI=1S/C18H20O/c1-2-3-4-5-6-7-8-9-10-11-12-13-14-15-16-17-18-19/h2,7-10,15-16,18H,1,3-6,17H2. The van der Waals surface area contributed by atoms with Crippen molar-refractivity contribution in [2.75, 3.05) is 0 Å². The maximum Gasteiger partial charge on any atom is 0.123 e. The fourth-order valence-corrected chi connectivity index (χ4v) is 1.17. The number of unbranched alkanes of at least 4 members (excludes halogenated alkanes) is 3. The molecule has 1 heteroatoms.